The van der Waals surface area contributed by atoms with Crippen molar-refractivity contribution in [2.45, 2.75) is 32.7 Å². The van der Waals surface area contributed by atoms with Gasteiger partial charge in [-0.2, -0.15) is 0 Å². The van der Waals surface area contributed by atoms with Gasteiger partial charge in [0.1, 0.15) is 0 Å². The number of hydrogen-bond donors (Lipinski definition) is 2. The lowest BCUT2D eigenvalue weighted by Crippen LogP contribution is -2.40. The topological polar surface area (TPSA) is 117 Å². The summed E-state index contributed by atoms with van der Waals surface area (Å²) in [5, 5.41) is 19.1. The SMILES string of the molecule is CC1(C)CC(=O)C2=C(C1)Nc1ccccc1N(CC(=O)Nc1cnc3ccccc3c1)C2c1cccc([N+](=O)[O-])c1. The fourth-order valence-corrected chi connectivity index (χ4v) is 5.88. The highest BCUT2D eigenvalue weighted by Gasteiger charge is 2.42. The number of ketones is 1. The van der Waals surface area contributed by atoms with Gasteiger partial charge in [0.2, 0.25) is 5.91 Å². The highest BCUT2D eigenvalue weighted by atomic mass is 16.6. The number of carbonyl (C=O) groups excluding carboxylic acids is 2. The minimum Gasteiger partial charge on any atom is -0.357 e. The third-order valence-corrected chi connectivity index (χ3v) is 7.59. The predicted molar refractivity (Wildman–Crippen MR) is 159 cm³/mol. The zero-order valence-electron chi connectivity index (χ0n) is 22.8. The molecule has 1 aliphatic carbocycles. The Kier molecular flexibility index (Phi) is 6.49. The van der Waals surface area contributed by atoms with Gasteiger partial charge < -0.3 is 15.5 Å². The summed E-state index contributed by atoms with van der Waals surface area (Å²) in [5.74, 6) is -0.350. The molecule has 0 bridgehead atoms. The van der Waals surface area contributed by atoms with Gasteiger partial charge in [-0.3, -0.25) is 24.7 Å². The minimum absolute atomic E-state index is 0.0443. The lowest BCUT2D eigenvalue weighted by Gasteiger charge is -2.37. The zero-order valence-corrected chi connectivity index (χ0v) is 22.8. The van der Waals surface area contributed by atoms with Crippen LogP contribution in [-0.2, 0) is 9.59 Å². The number of carbonyl (C=O) groups is 2. The molecule has 1 aliphatic heterocycles. The molecule has 4 aromatic rings. The van der Waals surface area contributed by atoms with Crippen LogP contribution in [0.1, 0.15) is 38.3 Å². The Morgan fingerprint density at radius 1 is 1.07 bits per heavy atom. The summed E-state index contributed by atoms with van der Waals surface area (Å²) in [6.45, 7) is 4.00. The van der Waals surface area contributed by atoms with E-state index in [4.69, 9.17) is 0 Å². The van der Waals surface area contributed by atoms with Crippen molar-refractivity contribution in [2.24, 2.45) is 5.41 Å². The summed E-state index contributed by atoms with van der Waals surface area (Å²) in [4.78, 5) is 45.0. The van der Waals surface area contributed by atoms with E-state index in [1.165, 1.54) is 12.1 Å². The first-order chi connectivity index (χ1) is 19.7. The molecule has 0 saturated heterocycles. The molecule has 9 heteroatoms. The summed E-state index contributed by atoms with van der Waals surface area (Å²) < 4.78 is 0. The van der Waals surface area contributed by atoms with E-state index in [2.05, 4.69) is 29.5 Å². The number of nitro benzene ring substituents is 1. The Morgan fingerprint density at radius 2 is 1.85 bits per heavy atom. The van der Waals surface area contributed by atoms with Gasteiger partial charge in [-0.15, -0.1) is 0 Å². The number of hydrogen-bond acceptors (Lipinski definition) is 7. The third kappa shape index (κ3) is 5.14. The molecule has 206 valence electrons. The van der Waals surface area contributed by atoms with Crippen molar-refractivity contribution in [1.82, 2.24) is 4.98 Å². The number of aromatic nitrogens is 1. The number of nitrogens with zero attached hydrogens (tertiary/aromatic N) is 3. The van der Waals surface area contributed by atoms with Crippen LogP contribution in [-0.4, -0.2) is 28.1 Å². The van der Waals surface area contributed by atoms with Crippen LogP contribution >= 0.6 is 0 Å². The van der Waals surface area contributed by atoms with Crippen LogP contribution in [0.3, 0.4) is 0 Å². The monoisotopic (exact) mass is 547 g/mol. The number of para-hydroxylation sites is 3. The number of pyridine rings is 1. The predicted octanol–water partition coefficient (Wildman–Crippen LogP) is 6.40. The molecule has 2 N–H and O–H groups in total. The largest absolute Gasteiger partial charge is 0.357 e. The average Bonchev–Trinajstić information content (AvgIpc) is 3.06. The van der Waals surface area contributed by atoms with E-state index in [1.807, 2.05) is 59.5 Å². The highest BCUT2D eigenvalue weighted by Crippen LogP contribution is 2.48. The molecule has 9 nitrogen and oxygen atoms in total. The maximum Gasteiger partial charge on any atom is 0.269 e. The Bertz CT molecular complexity index is 1750. The van der Waals surface area contributed by atoms with E-state index in [1.54, 1.807) is 18.3 Å². The smallest absolute Gasteiger partial charge is 0.269 e. The molecule has 1 aromatic heterocycles. The normalized spacial score (nSPS) is 17.8. The number of nitrogens with one attached hydrogen (secondary N) is 2. The first-order valence-electron chi connectivity index (χ1n) is 13.5. The maximum atomic E-state index is 13.8. The van der Waals surface area contributed by atoms with Crippen molar-refractivity contribution in [2.75, 3.05) is 22.1 Å². The van der Waals surface area contributed by atoms with Crippen molar-refractivity contribution in [3.05, 3.63) is 112 Å². The molecule has 0 spiro atoms. The fourth-order valence-electron chi connectivity index (χ4n) is 5.88. The molecule has 6 rings (SSSR count). The molecule has 0 radical (unpaired) electrons. The van der Waals surface area contributed by atoms with Gasteiger partial charge in [0.15, 0.2) is 5.78 Å². The second kappa shape index (κ2) is 10.2. The first kappa shape index (κ1) is 26.2. The summed E-state index contributed by atoms with van der Waals surface area (Å²) >= 11 is 0. The van der Waals surface area contributed by atoms with Gasteiger partial charge in [0, 0.05) is 35.2 Å². The van der Waals surface area contributed by atoms with Gasteiger partial charge in [-0.1, -0.05) is 56.3 Å². The number of anilines is 3. The van der Waals surface area contributed by atoms with E-state index < -0.39 is 11.0 Å². The summed E-state index contributed by atoms with van der Waals surface area (Å²) in [5.41, 5.74) is 4.39. The Balaban J connectivity index is 1.46. The lowest BCUT2D eigenvalue weighted by molar-refractivity contribution is -0.384. The number of rotatable bonds is 5. The summed E-state index contributed by atoms with van der Waals surface area (Å²) in [6.07, 6.45) is 2.57. The van der Waals surface area contributed by atoms with Crippen molar-refractivity contribution < 1.29 is 14.5 Å². The maximum absolute atomic E-state index is 13.8. The fraction of sp³-hybridized carbons (Fsp3) is 0.219. The first-order valence-corrected chi connectivity index (χ1v) is 13.5. The Hall–Kier alpha value is -5.05. The van der Waals surface area contributed by atoms with Crippen LogP contribution in [0.2, 0.25) is 0 Å². The number of non-ortho nitro benzene ring substituents is 1. The molecular weight excluding hydrogens is 518 g/mol. The van der Waals surface area contributed by atoms with Crippen molar-refractivity contribution in [1.29, 1.82) is 0 Å². The van der Waals surface area contributed by atoms with Gasteiger partial charge in [0.25, 0.3) is 5.69 Å². The van der Waals surface area contributed by atoms with Crippen molar-refractivity contribution in [3.8, 4) is 0 Å². The molecule has 1 unspecified atom stereocenters. The molecule has 1 amide bonds. The molecule has 2 aliphatic rings. The minimum atomic E-state index is -0.717. The average molecular weight is 548 g/mol. The number of benzene rings is 3. The second-order valence-electron chi connectivity index (χ2n) is 11.3. The van der Waals surface area contributed by atoms with Gasteiger partial charge in [-0.05, 0) is 41.7 Å². The van der Waals surface area contributed by atoms with Gasteiger partial charge in [-0.25, -0.2) is 0 Å². The highest BCUT2D eigenvalue weighted by molar-refractivity contribution is 6.03. The third-order valence-electron chi connectivity index (χ3n) is 7.59. The van der Waals surface area contributed by atoms with Crippen LogP contribution in [0.5, 0.6) is 0 Å². The summed E-state index contributed by atoms with van der Waals surface area (Å²) in [7, 11) is 0. The molecular formula is C32H29N5O4. The molecule has 3 aromatic carbocycles. The van der Waals surface area contributed by atoms with E-state index >= 15 is 0 Å². The molecule has 41 heavy (non-hydrogen) atoms. The molecule has 0 saturated carbocycles. The Morgan fingerprint density at radius 3 is 2.68 bits per heavy atom. The van der Waals surface area contributed by atoms with Crippen LogP contribution < -0.4 is 15.5 Å². The molecule has 1 atom stereocenters. The van der Waals surface area contributed by atoms with Gasteiger partial charge >= 0.3 is 0 Å². The number of nitro groups is 1. The van der Waals surface area contributed by atoms with Crippen LogP contribution in [0, 0.1) is 15.5 Å². The second-order valence-corrected chi connectivity index (χ2v) is 11.3. The zero-order chi connectivity index (χ0) is 28.7. The molecule has 2 heterocycles. The standard InChI is InChI=1S/C32H29N5O4/c1-32(2)16-26-30(28(38)17-32)31(21-9-7-10-23(15-21)37(40)41)36(27-13-6-5-12-25(27)35-26)19-29(39)34-22-14-20-8-3-4-11-24(20)33-18-22/h3-15,18,31,35H,16-17,19H2,1-2H3,(H,34,39). The van der Waals surface area contributed by atoms with Crippen LogP contribution in [0.25, 0.3) is 10.9 Å². The number of fused-ring (bicyclic) bond motifs is 2. The van der Waals surface area contributed by atoms with E-state index in [0.717, 1.165) is 28.0 Å². The number of amides is 1. The number of allylic oxidation sites excluding steroid dienone is 1. The van der Waals surface area contributed by atoms with Gasteiger partial charge in [0.05, 0.1) is 46.3 Å². The quantitative estimate of drug-likeness (QED) is 0.219. The van der Waals surface area contributed by atoms with E-state index in [0.29, 0.717) is 29.7 Å². The number of Topliss-reactive ketones (excluding diaryl/α,β-unsaturated/α-hetero) is 1. The Labute approximate surface area is 237 Å². The van der Waals surface area contributed by atoms with Crippen molar-refractivity contribution >= 4 is 45.3 Å². The van der Waals surface area contributed by atoms with Crippen LogP contribution in [0.15, 0.2) is 96.3 Å². The van der Waals surface area contributed by atoms with E-state index in [9.17, 15) is 19.7 Å². The summed E-state index contributed by atoms with van der Waals surface area (Å²) in [6, 6.07) is 22.7. The van der Waals surface area contributed by atoms with Crippen molar-refractivity contribution in [3.63, 3.8) is 0 Å². The van der Waals surface area contributed by atoms with E-state index in [-0.39, 0.29) is 29.3 Å². The van der Waals surface area contributed by atoms with Crippen LogP contribution in [0.4, 0.5) is 22.7 Å². The lowest BCUT2D eigenvalue weighted by atomic mass is 9.73. The molecule has 0 fully saturated rings.